The van der Waals surface area contributed by atoms with Gasteiger partial charge in [-0.15, -0.1) is 0 Å². The molecule has 1 aliphatic rings. The summed E-state index contributed by atoms with van der Waals surface area (Å²) in [6, 6.07) is 0. The Bertz CT molecular complexity index is 570. The molecule has 0 aromatic rings. The first kappa shape index (κ1) is 26.4. The molecule has 0 radical (unpaired) electrons. The van der Waals surface area contributed by atoms with E-state index in [4.69, 9.17) is 23.7 Å². The summed E-state index contributed by atoms with van der Waals surface area (Å²) in [6.45, 7) is 3.33. The third-order valence-corrected chi connectivity index (χ3v) is 4.02. The number of hydrogen-bond donors (Lipinski definition) is 2. The Morgan fingerprint density at radius 3 is 2.03 bits per heavy atom. The molecule has 0 aromatic carbocycles. The van der Waals surface area contributed by atoms with Gasteiger partial charge in [-0.1, -0.05) is 0 Å². The summed E-state index contributed by atoms with van der Waals surface area (Å²) < 4.78 is 64.6. The van der Waals surface area contributed by atoms with Gasteiger partial charge in [-0.25, -0.2) is 4.79 Å². The van der Waals surface area contributed by atoms with E-state index in [2.05, 4.69) is 0 Å². The second kappa shape index (κ2) is 11.1. The van der Waals surface area contributed by atoms with Gasteiger partial charge in [0.25, 0.3) is 0 Å². The Labute approximate surface area is 172 Å². The number of amides is 2. The van der Waals surface area contributed by atoms with Crippen molar-refractivity contribution >= 4 is 12.0 Å². The lowest BCUT2D eigenvalue weighted by atomic mass is 9.90. The average molecular weight is 446 g/mol. The predicted octanol–water partition coefficient (Wildman–Crippen LogP) is 0.828. The van der Waals surface area contributed by atoms with Gasteiger partial charge in [-0.05, 0) is 20.8 Å². The van der Waals surface area contributed by atoms with Gasteiger partial charge >= 0.3 is 18.2 Å². The summed E-state index contributed by atoms with van der Waals surface area (Å²) in [5.41, 5.74) is -0.962. The zero-order chi connectivity index (χ0) is 23.1. The number of halogens is 3. The molecule has 13 heteroatoms. The van der Waals surface area contributed by atoms with E-state index in [-0.39, 0.29) is 20.1 Å². The Balaban J connectivity index is 3.34. The largest absolute Gasteiger partial charge is 0.471 e. The van der Waals surface area contributed by atoms with Crippen molar-refractivity contribution in [3.8, 4) is 0 Å². The topological polar surface area (TPSA) is 116 Å². The van der Waals surface area contributed by atoms with Crippen molar-refractivity contribution < 1.29 is 51.6 Å². The van der Waals surface area contributed by atoms with Gasteiger partial charge in [-0.3, -0.25) is 9.69 Å². The molecule has 1 heterocycles. The highest BCUT2D eigenvalue weighted by Crippen LogP contribution is 2.29. The predicted molar refractivity (Wildman–Crippen MR) is 95.0 cm³/mol. The van der Waals surface area contributed by atoms with E-state index in [1.807, 2.05) is 0 Å². The third-order valence-electron chi connectivity index (χ3n) is 4.02. The highest BCUT2D eigenvalue weighted by atomic mass is 19.4. The first-order valence-corrected chi connectivity index (χ1v) is 9.05. The van der Waals surface area contributed by atoms with Crippen molar-refractivity contribution in [1.82, 2.24) is 10.2 Å². The van der Waals surface area contributed by atoms with Crippen LogP contribution in [0.4, 0.5) is 18.0 Å². The number of nitrogens with zero attached hydrogens (tertiary/aromatic N) is 1. The van der Waals surface area contributed by atoms with E-state index < -0.39 is 54.7 Å². The van der Waals surface area contributed by atoms with Crippen LogP contribution < -0.4 is 5.32 Å². The number of methoxy groups -OCH3 is 2. The number of rotatable bonds is 8. The Morgan fingerprint density at radius 2 is 1.60 bits per heavy atom. The van der Waals surface area contributed by atoms with Crippen LogP contribution >= 0.6 is 0 Å². The second-order valence-electron chi connectivity index (χ2n) is 7.57. The van der Waals surface area contributed by atoms with Crippen LogP contribution in [0, 0.1) is 5.92 Å². The highest BCUT2D eigenvalue weighted by Gasteiger charge is 2.51. The van der Waals surface area contributed by atoms with Gasteiger partial charge in [-0.2, -0.15) is 13.2 Å². The Kier molecular flexibility index (Phi) is 9.75. The molecule has 2 N–H and O–H groups in total. The van der Waals surface area contributed by atoms with Crippen LogP contribution in [-0.2, 0) is 28.5 Å². The summed E-state index contributed by atoms with van der Waals surface area (Å²) in [4.78, 5) is 25.2. The minimum absolute atomic E-state index is 0.264. The summed E-state index contributed by atoms with van der Waals surface area (Å²) in [5.74, 6) is -3.05. The van der Waals surface area contributed by atoms with E-state index in [0.717, 1.165) is 4.90 Å². The van der Waals surface area contributed by atoms with Crippen LogP contribution in [0.3, 0.4) is 0 Å². The molecule has 1 aliphatic heterocycles. The minimum Gasteiger partial charge on any atom is -0.444 e. The molecule has 10 nitrogen and oxygen atoms in total. The van der Waals surface area contributed by atoms with Crippen LogP contribution in [-0.4, -0.2) is 93.1 Å². The number of piperidine rings is 1. The van der Waals surface area contributed by atoms with E-state index >= 15 is 0 Å². The number of hydrogen-bond acceptors (Lipinski definition) is 8. The van der Waals surface area contributed by atoms with Crippen LogP contribution in [0.1, 0.15) is 20.8 Å². The fourth-order valence-electron chi connectivity index (χ4n) is 2.85. The first-order chi connectivity index (χ1) is 13.9. The SMILES string of the molecule is COCO[C@@H]1[C@H](CO)CN(C(=O)OC(C)(C)C)[C@@H](NC(=O)C(F)(F)F)[C@H]1OCOC. The molecular formula is C17H29F3N2O8. The zero-order valence-electron chi connectivity index (χ0n) is 17.5. The molecule has 0 spiro atoms. The summed E-state index contributed by atoms with van der Waals surface area (Å²) in [5, 5.41) is 11.5. The molecule has 176 valence electrons. The number of aliphatic hydroxyl groups excluding tert-OH is 1. The van der Waals surface area contributed by atoms with Gasteiger partial charge in [0.2, 0.25) is 0 Å². The molecule has 0 saturated carbocycles. The third kappa shape index (κ3) is 7.54. The molecule has 4 atom stereocenters. The van der Waals surface area contributed by atoms with Crippen molar-refractivity contribution in [2.75, 3.05) is 41.0 Å². The normalized spacial score (nSPS) is 25.2. The van der Waals surface area contributed by atoms with E-state index in [0.29, 0.717) is 0 Å². The minimum atomic E-state index is -5.21. The molecule has 30 heavy (non-hydrogen) atoms. The maximum atomic E-state index is 12.9. The molecule has 1 saturated heterocycles. The molecule has 2 amide bonds. The van der Waals surface area contributed by atoms with Crippen molar-refractivity contribution in [3.05, 3.63) is 0 Å². The number of alkyl halides is 3. The monoisotopic (exact) mass is 446 g/mol. The van der Waals surface area contributed by atoms with Crippen LogP contribution in [0.5, 0.6) is 0 Å². The lowest BCUT2D eigenvalue weighted by Gasteiger charge is -2.47. The Morgan fingerprint density at radius 1 is 1.07 bits per heavy atom. The number of ether oxygens (including phenoxy) is 5. The lowest BCUT2D eigenvalue weighted by molar-refractivity contribution is -0.219. The number of carbonyl (C=O) groups is 2. The number of aliphatic hydroxyl groups is 1. The molecule has 0 unspecified atom stereocenters. The molecule has 1 rings (SSSR count). The molecule has 0 aromatic heterocycles. The molecule has 1 fully saturated rings. The van der Waals surface area contributed by atoms with Crippen LogP contribution in [0.15, 0.2) is 0 Å². The van der Waals surface area contributed by atoms with Gasteiger partial charge in [0.15, 0.2) is 0 Å². The number of carbonyl (C=O) groups excluding carboxylic acids is 2. The van der Waals surface area contributed by atoms with Gasteiger partial charge < -0.3 is 34.1 Å². The smallest absolute Gasteiger partial charge is 0.444 e. The number of likely N-dealkylation sites (tertiary alicyclic amines) is 1. The first-order valence-electron chi connectivity index (χ1n) is 9.05. The molecule has 0 bridgehead atoms. The van der Waals surface area contributed by atoms with Gasteiger partial charge in [0, 0.05) is 26.7 Å². The average Bonchev–Trinajstić information content (AvgIpc) is 2.62. The van der Waals surface area contributed by atoms with Crippen LogP contribution in [0.2, 0.25) is 0 Å². The van der Waals surface area contributed by atoms with E-state index in [1.165, 1.54) is 14.2 Å². The summed E-state index contributed by atoms with van der Waals surface area (Å²) >= 11 is 0. The summed E-state index contributed by atoms with van der Waals surface area (Å²) in [6.07, 6.45) is -10.2. The fourth-order valence-corrected chi connectivity index (χ4v) is 2.85. The summed E-state index contributed by atoms with van der Waals surface area (Å²) in [7, 11) is 2.62. The lowest BCUT2D eigenvalue weighted by Crippen LogP contribution is -2.69. The quantitative estimate of drug-likeness (QED) is 0.527. The molecule has 0 aliphatic carbocycles. The van der Waals surface area contributed by atoms with E-state index in [9.17, 15) is 27.9 Å². The zero-order valence-corrected chi connectivity index (χ0v) is 17.5. The van der Waals surface area contributed by atoms with Crippen LogP contribution in [0.25, 0.3) is 0 Å². The maximum absolute atomic E-state index is 12.9. The highest BCUT2D eigenvalue weighted by molar-refractivity contribution is 5.82. The van der Waals surface area contributed by atoms with E-state index in [1.54, 1.807) is 26.1 Å². The number of nitrogens with one attached hydrogen (secondary N) is 1. The van der Waals surface area contributed by atoms with Crippen molar-refractivity contribution in [3.63, 3.8) is 0 Å². The van der Waals surface area contributed by atoms with Crippen molar-refractivity contribution in [2.45, 2.75) is 50.9 Å². The maximum Gasteiger partial charge on any atom is 0.471 e. The second-order valence-corrected chi connectivity index (χ2v) is 7.57. The fraction of sp³-hybridized carbons (Fsp3) is 0.882. The standard InChI is InChI=1S/C17H29F3N2O8/c1-16(2,3)30-15(25)22-6-10(7-23)11(28-8-26-4)12(29-9-27-5)13(22)21-14(24)17(18,19)20/h10-13,23H,6-9H2,1-5H3,(H,21,24)/t10-,11+,12-,13+/m0/s1. The molecular weight excluding hydrogens is 417 g/mol. The van der Waals surface area contributed by atoms with Gasteiger partial charge in [0.05, 0.1) is 12.7 Å². The van der Waals surface area contributed by atoms with Crippen molar-refractivity contribution in [1.29, 1.82) is 0 Å². The van der Waals surface area contributed by atoms with Crippen molar-refractivity contribution in [2.24, 2.45) is 5.92 Å². The van der Waals surface area contributed by atoms with Gasteiger partial charge in [0.1, 0.15) is 31.5 Å². The Hall–Kier alpha value is -1.67.